The van der Waals surface area contributed by atoms with Crippen molar-refractivity contribution in [3.8, 4) is 39.3 Å². The number of para-hydroxylation sites is 2. The van der Waals surface area contributed by atoms with Crippen molar-refractivity contribution in [1.82, 2.24) is 9.55 Å². The second-order valence-electron chi connectivity index (χ2n) is 15.2. The van der Waals surface area contributed by atoms with Crippen molar-refractivity contribution in [2.45, 2.75) is 38.5 Å². The second-order valence-corrected chi connectivity index (χ2v) is 15.2. The second kappa shape index (κ2) is 9.03. The quantitative estimate of drug-likeness (QED) is 0.175. The molecule has 0 bridgehead atoms. The summed E-state index contributed by atoms with van der Waals surface area (Å²) in [6.07, 6.45) is 0. The zero-order chi connectivity index (χ0) is 32.8. The molecule has 2 aliphatic rings. The molecule has 0 atom stereocenters. The molecule has 0 radical (unpaired) electrons. The lowest BCUT2D eigenvalue weighted by Gasteiger charge is -2.24. The van der Waals surface area contributed by atoms with Crippen LogP contribution in [0, 0.1) is 0 Å². The fourth-order valence-corrected chi connectivity index (χ4v) is 9.51. The van der Waals surface area contributed by atoms with Crippen molar-refractivity contribution in [2.75, 3.05) is 0 Å². The zero-order valence-electron chi connectivity index (χ0n) is 28.1. The molecule has 0 N–H and O–H groups in total. The first-order chi connectivity index (χ1) is 23.8. The van der Waals surface area contributed by atoms with Crippen molar-refractivity contribution in [1.29, 1.82) is 0 Å². The lowest BCUT2D eigenvalue weighted by Crippen LogP contribution is -2.17. The molecule has 11 rings (SSSR count). The Morgan fingerprint density at radius 2 is 1.14 bits per heavy atom. The van der Waals surface area contributed by atoms with Crippen LogP contribution in [-0.2, 0) is 10.8 Å². The molecule has 2 heteroatoms. The van der Waals surface area contributed by atoms with Crippen LogP contribution in [0.4, 0.5) is 0 Å². The number of aromatic nitrogens is 2. The molecule has 2 nitrogen and oxygen atoms in total. The molecule has 0 fully saturated rings. The molecule has 1 heterocycles. The van der Waals surface area contributed by atoms with E-state index in [9.17, 15) is 0 Å². The lowest BCUT2D eigenvalue weighted by molar-refractivity contribution is 0.652. The first-order valence-corrected chi connectivity index (χ1v) is 17.4. The number of nitrogens with zero attached hydrogens (tertiary/aromatic N) is 2. The van der Waals surface area contributed by atoms with Crippen LogP contribution >= 0.6 is 0 Å². The molecule has 0 amide bonds. The van der Waals surface area contributed by atoms with Gasteiger partial charge in [0.05, 0.1) is 16.7 Å². The fourth-order valence-electron chi connectivity index (χ4n) is 9.51. The monoisotopic (exact) mass is 626 g/mol. The van der Waals surface area contributed by atoms with Gasteiger partial charge in [0.1, 0.15) is 5.82 Å². The first-order valence-electron chi connectivity index (χ1n) is 17.4. The van der Waals surface area contributed by atoms with Crippen LogP contribution in [-0.4, -0.2) is 9.55 Å². The third kappa shape index (κ3) is 3.34. The summed E-state index contributed by atoms with van der Waals surface area (Å²) in [7, 11) is 0. The topological polar surface area (TPSA) is 17.8 Å². The van der Waals surface area contributed by atoms with Gasteiger partial charge in [0, 0.05) is 21.8 Å². The molecule has 232 valence electrons. The van der Waals surface area contributed by atoms with E-state index < -0.39 is 0 Å². The van der Waals surface area contributed by atoms with Crippen LogP contribution in [0.15, 0.2) is 133 Å². The molecule has 0 saturated heterocycles. The molecule has 0 spiro atoms. The fraction of sp³-hybridized carbons (Fsp3) is 0.128. The van der Waals surface area contributed by atoms with E-state index in [0.717, 1.165) is 28.1 Å². The minimum Gasteiger partial charge on any atom is -0.292 e. The Morgan fingerprint density at radius 3 is 2.02 bits per heavy atom. The van der Waals surface area contributed by atoms with Gasteiger partial charge in [-0.25, -0.2) is 4.98 Å². The van der Waals surface area contributed by atoms with Gasteiger partial charge in [-0.2, -0.15) is 0 Å². The van der Waals surface area contributed by atoms with Crippen LogP contribution < -0.4 is 0 Å². The maximum absolute atomic E-state index is 5.17. The van der Waals surface area contributed by atoms with Gasteiger partial charge in [0.15, 0.2) is 0 Å². The van der Waals surface area contributed by atoms with Gasteiger partial charge < -0.3 is 0 Å². The van der Waals surface area contributed by atoms with Crippen LogP contribution in [0.1, 0.15) is 49.9 Å². The predicted molar refractivity (Wildman–Crippen MR) is 205 cm³/mol. The zero-order valence-corrected chi connectivity index (χ0v) is 28.1. The van der Waals surface area contributed by atoms with Gasteiger partial charge in [-0.1, -0.05) is 125 Å². The molecule has 0 aliphatic heterocycles. The number of hydrogen-bond donors (Lipinski definition) is 0. The molecular weight excluding hydrogens is 593 g/mol. The molecule has 0 unspecified atom stereocenters. The van der Waals surface area contributed by atoms with Gasteiger partial charge in [0.2, 0.25) is 0 Å². The Kier molecular flexibility index (Phi) is 5.02. The largest absolute Gasteiger partial charge is 0.292 e. The van der Waals surface area contributed by atoms with E-state index in [0.29, 0.717) is 0 Å². The summed E-state index contributed by atoms with van der Waals surface area (Å²) >= 11 is 0. The van der Waals surface area contributed by atoms with E-state index in [1.807, 2.05) is 0 Å². The highest BCUT2D eigenvalue weighted by Crippen LogP contribution is 2.58. The van der Waals surface area contributed by atoms with Crippen LogP contribution in [0.5, 0.6) is 0 Å². The Morgan fingerprint density at radius 1 is 0.490 bits per heavy atom. The van der Waals surface area contributed by atoms with Gasteiger partial charge in [0.25, 0.3) is 0 Å². The Bertz CT molecular complexity index is 2870. The van der Waals surface area contributed by atoms with Gasteiger partial charge >= 0.3 is 0 Å². The van der Waals surface area contributed by atoms with Crippen molar-refractivity contribution < 1.29 is 0 Å². The molecular formula is C47H34N2. The highest BCUT2D eigenvalue weighted by Gasteiger charge is 2.42. The van der Waals surface area contributed by atoms with E-state index >= 15 is 0 Å². The van der Waals surface area contributed by atoms with Crippen LogP contribution in [0.3, 0.4) is 0 Å². The number of fused-ring (bicyclic) bond motifs is 8. The summed E-state index contributed by atoms with van der Waals surface area (Å²) in [5.74, 6) is 0.964. The smallest absolute Gasteiger partial charge is 0.145 e. The Hall–Kier alpha value is -5.73. The summed E-state index contributed by atoms with van der Waals surface area (Å²) in [6.45, 7) is 9.61. The maximum Gasteiger partial charge on any atom is 0.145 e. The van der Waals surface area contributed by atoms with Gasteiger partial charge in [-0.15, -0.1) is 0 Å². The third-order valence-corrected chi connectivity index (χ3v) is 11.9. The molecule has 1 aromatic heterocycles. The number of imidazole rings is 1. The Labute approximate surface area is 285 Å². The summed E-state index contributed by atoms with van der Waals surface area (Å²) in [5.41, 5.74) is 15.5. The summed E-state index contributed by atoms with van der Waals surface area (Å²) in [6, 6.07) is 49.7. The highest BCUT2D eigenvalue weighted by molar-refractivity contribution is 6.28. The highest BCUT2D eigenvalue weighted by atomic mass is 15.1. The standard InChI is InChI=1S/C47H34N2/c1-46(2)35-15-9-8-14-30(35)33-25-37-34(26-36(33)46)44-32-22-18-27-20-23-40(31-21-19-29(43(32)42(27)31)24-38(44)47(37,3)4)49-41-17-11-10-16-39(41)48-45(49)28-12-6-5-7-13-28/h5-26H,1-4H3. The molecule has 0 saturated carbocycles. The van der Waals surface area contributed by atoms with Crippen molar-refractivity contribution in [3.05, 3.63) is 156 Å². The normalized spacial score (nSPS) is 15.3. The minimum atomic E-state index is -0.114. The van der Waals surface area contributed by atoms with E-state index in [4.69, 9.17) is 4.98 Å². The van der Waals surface area contributed by atoms with Gasteiger partial charge in [-0.05, 0) is 108 Å². The van der Waals surface area contributed by atoms with E-state index in [1.165, 1.54) is 76.8 Å². The minimum absolute atomic E-state index is 0.0451. The predicted octanol–water partition coefficient (Wildman–Crippen LogP) is 12.2. The summed E-state index contributed by atoms with van der Waals surface area (Å²) < 4.78 is 2.36. The molecule has 9 aromatic rings. The van der Waals surface area contributed by atoms with Crippen LogP contribution in [0.2, 0.25) is 0 Å². The average molecular weight is 627 g/mol. The molecule has 2 aliphatic carbocycles. The van der Waals surface area contributed by atoms with Crippen molar-refractivity contribution in [3.63, 3.8) is 0 Å². The van der Waals surface area contributed by atoms with Crippen LogP contribution in [0.25, 0.3) is 82.7 Å². The van der Waals surface area contributed by atoms with E-state index in [-0.39, 0.29) is 10.8 Å². The van der Waals surface area contributed by atoms with Crippen molar-refractivity contribution in [2.24, 2.45) is 0 Å². The third-order valence-electron chi connectivity index (χ3n) is 11.9. The number of benzene rings is 8. The van der Waals surface area contributed by atoms with Gasteiger partial charge in [-0.3, -0.25) is 4.57 Å². The number of rotatable bonds is 2. The Balaban J connectivity index is 1.22. The first kappa shape index (κ1) is 27.2. The average Bonchev–Trinajstić information content (AvgIpc) is 3.70. The maximum atomic E-state index is 5.17. The molecule has 8 aromatic carbocycles. The van der Waals surface area contributed by atoms with E-state index in [2.05, 4.69) is 166 Å². The SMILES string of the molecule is CC1(C)c2ccccc2-c2cc3c(cc21)-c1c(cc2ccc4c(-n5c(-c6ccccc6)nc6ccccc65)ccc5ccc1c2c54)C3(C)C. The summed E-state index contributed by atoms with van der Waals surface area (Å²) in [5, 5.41) is 7.85. The molecule has 49 heavy (non-hydrogen) atoms. The van der Waals surface area contributed by atoms with Crippen molar-refractivity contribution >= 4 is 43.4 Å². The summed E-state index contributed by atoms with van der Waals surface area (Å²) in [4.78, 5) is 5.17. The lowest BCUT2D eigenvalue weighted by atomic mass is 9.79. The van der Waals surface area contributed by atoms with E-state index in [1.54, 1.807) is 0 Å². The number of hydrogen-bond acceptors (Lipinski definition) is 1.